The fraction of sp³-hybridized carbons (Fsp3) is 0.600. The van der Waals surface area contributed by atoms with Crippen molar-refractivity contribution >= 4 is 11.8 Å². The molecule has 0 radical (unpaired) electrons. The van der Waals surface area contributed by atoms with E-state index >= 15 is 0 Å². The molecule has 1 unspecified atom stereocenters. The average molecular weight is 267 g/mol. The Bertz CT molecular complexity index is 305. The van der Waals surface area contributed by atoms with Crippen molar-refractivity contribution in [1.82, 2.24) is 5.32 Å². The summed E-state index contributed by atoms with van der Waals surface area (Å²) in [7, 11) is 0. The average Bonchev–Trinajstić information content (AvgIpc) is 2.41. The predicted octanol–water partition coefficient (Wildman–Crippen LogP) is 3.88. The molecule has 1 N–H and O–H groups in total. The minimum Gasteiger partial charge on any atom is -0.380 e. The van der Waals surface area contributed by atoms with Crippen molar-refractivity contribution in [2.75, 3.05) is 25.5 Å². The summed E-state index contributed by atoms with van der Waals surface area (Å²) in [6, 6.07) is 9.14. The van der Waals surface area contributed by atoms with Gasteiger partial charge in [-0.25, -0.2) is 0 Å². The molecule has 18 heavy (non-hydrogen) atoms. The molecule has 0 saturated carbocycles. The summed E-state index contributed by atoms with van der Waals surface area (Å²) in [5, 5.41) is 3.54. The number of ether oxygens (including phenoxy) is 1. The molecule has 0 heterocycles. The van der Waals surface area contributed by atoms with Gasteiger partial charge in [-0.2, -0.15) is 0 Å². The van der Waals surface area contributed by atoms with Crippen molar-refractivity contribution in [3.63, 3.8) is 0 Å². The van der Waals surface area contributed by atoms with E-state index in [-0.39, 0.29) is 0 Å². The predicted molar refractivity (Wildman–Crippen MR) is 80.4 cm³/mol. The van der Waals surface area contributed by atoms with Crippen LogP contribution < -0.4 is 5.32 Å². The van der Waals surface area contributed by atoms with Gasteiger partial charge in [0.05, 0.1) is 12.6 Å². The number of benzene rings is 1. The van der Waals surface area contributed by atoms with Crippen molar-refractivity contribution in [2.24, 2.45) is 0 Å². The first-order chi connectivity index (χ1) is 8.81. The van der Waals surface area contributed by atoms with Crippen molar-refractivity contribution in [3.05, 3.63) is 29.8 Å². The highest BCUT2D eigenvalue weighted by molar-refractivity contribution is 7.99. The summed E-state index contributed by atoms with van der Waals surface area (Å²) in [6.07, 6.45) is 1.15. The maximum absolute atomic E-state index is 5.56. The van der Waals surface area contributed by atoms with Crippen LogP contribution in [0, 0.1) is 0 Å². The molecule has 1 rings (SSSR count). The topological polar surface area (TPSA) is 21.3 Å². The van der Waals surface area contributed by atoms with Crippen LogP contribution in [0.3, 0.4) is 0 Å². The largest absolute Gasteiger partial charge is 0.380 e. The van der Waals surface area contributed by atoms with Crippen LogP contribution in [0.25, 0.3) is 0 Å². The molecular weight excluding hydrogens is 242 g/mol. The van der Waals surface area contributed by atoms with Crippen LogP contribution in [0.1, 0.15) is 38.8 Å². The molecule has 0 saturated heterocycles. The van der Waals surface area contributed by atoms with E-state index in [1.165, 1.54) is 10.5 Å². The van der Waals surface area contributed by atoms with Crippen LogP contribution in [0.2, 0.25) is 0 Å². The Labute approximate surface area is 116 Å². The first kappa shape index (κ1) is 15.5. The Hall–Kier alpha value is -0.510. The van der Waals surface area contributed by atoms with Crippen LogP contribution in [-0.2, 0) is 4.74 Å². The van der Waals surface area contributed by atoms with E-state index in [2.05, 4.69) is 43.4 Å². The first-order valence-electron chi connectivity index (χ1n) is 6.85. The zero-order chi connectivity index (χ0) is 13.2. The molecule has 0 aliphatic carbocycles. The lowest BCUT2D eigenvalue weighted by Crippen LogP contribution is -2.26. The molecule has 0 aromatic heterocycles. The minimum atomic E-state index is 0.311. The van der Waals surface area contributed by atoms with Gasteiger partial charge in [0.25, 0.3) is 0 Å². The lowest BCUT2D eigenvalue weighted by molar-refractivity contribution is 0.123. The van der Waals surface area contributed by atoms with Crippen LogP contribution in [0.4, 0.5) is 0 Å². The van der Waals surface area contributed by atoms with Gasteiger partial charge in [0.1, 0.15) is 0 Å². The fourth-order valence-electron chi connectivity index (χ4n) is 1.79. The van der Waals surface area contributed by atoms with Crippen molar-refractivity contribution in [3.8, 4) is 0 Å². The smallest absolute Gasteiger partial charge is 0.0661 e. The zero-order valence-corrected chi connectivity index (χ0v) is 12.6. The Balaban J connectivity index is 2.64. The molecule has 1 aromatic rings. The van der Waals surface area contributed by atoms with Crippen LogP contribution in [0.5, 0.6) is 0 Å². The van der Waals surface area contributed by atoms with Gasteiger partial charge in [-0.3, -0.25) is 0 Å². The monoisotopic (exact) mass is 267 g/mol. The van der Waals surface area contributed by atoms with Gasteiger partial charge >= 0.3 is 0 Å². The highest BCUT2D eigenvalue weighted by atomic mass is 32.2. The van der Waals surface area contributed by atoms with E-state index < -0.39 is 0 Å². The van der Waals surface area contributed by atoms with Crippen LogP contribution >= 0.6 is 11.8 Å². The second-order valence-electron chi connectivity index (χ2n) is 4.17. The Morgan fingerprint density at radius 1 is 1.17 bits per heavy atom. The summed E-state index contributed by atoms with van der Waals surface area (Å²) in [5.41, 5.74) is 1.32. The number of hydrogen-bond donors (Lipinski definition) is 1. The third-order valence-electron chi connectivity index (χ3n) is 2.72. The number of hydrogen-bond acceptors (Lipinski definition) is 3. The van der Waals surface area contributed by atoms with Crippen LogP contribution in [0.15, 0.2) is 29.2 Å². The molecule has 0 aliphatic rings. The lowest BCUT2D eigenvalue weighted by Gasteiger charge is -2.19. The normalized spacial score (nSPS) is 12.6. The molecule has 2 nitrogen and oxygen atoms in total. The highest BCUT2D eigenvalue weighted by Gasteiger charge is 2.10. The van der Waals surface area contributed by atoms with E-state index in [4.69, 9.17) is 4.74 Å². The molecule has 0 fully saturated rings. The molecule has 0 spiro atoms. The summed E-state index contributed by atoms with van der Waals surface area (Å²) in [4.78, 5) is 1.34. The third kappa shape index (κ3) is 5.42. The molecule has 0 aliphatic heterocycles. The third-order valence-corrected chi connectivity index (χ3v) is 3.62. The lowest BCUT2D eigenvalue weighted by atomic mass is 10.1. The molecule has 1 aromatic carbocycles. The van der Waals surface area contributed by atoms with Gasteiger partial charge in [-0.15, -0.1) is 11.8 Å². The molecular formula is C15H25NOS. The van der Waals surface area contributed by atoms with Crippen LogP contribution in [-0.4, -0.2) is 25.5 Å². The number of thioether (sulfide) groups is 1. The number of rotatable bonds is 9. The Morgan fingerprint density at radius 3 is 2.44 bits per heavy atom. The van der Waals surface area contributed by atoms with E-state index in [9.17, 15) is 0 Å². The van der Waals surface area contributed by atoms with Crippen molar-refractivity contribution in [1.29, 1.82) is 0 Å². The summed E-state index contributed by atoms with van der Waals surface area (Å²) >= 11 is 1.88. The summed E-state index contributed by atoms with van der Waals surface area (Å²) in [6.45, 7) is 8.96. The quantitative estimate of drug-likeness (QED) is 0.686. The van der Waals surface area contributed by atoms with Gasteiger partial charge < -0.3 is 10.1 Å². The van der Waals surface area contributed by atoms with Gasteiger partial charge in [0.2, 0.25) is 0 Å². The summed E-state index contributed by atoms with van der Waals surface area (Å²) < 4.78 is 5.56. The van der Waals surface area contributed by atoms with Gasteiger partial charge in [0.15, 0.2) is 0 Å². The Kier molecular flexibility index (Phi) is 8.14. The summed E-state index contributed by atoms with van der Waals surface area (Å²) in [5.74, 6) is 1.12. The molecule has 102 valence electrons. The van der Waals surface area contributed by atoms with Gasteiger partial charge in [-0.05, 0) is 43.3 Å². The molecule has 1 atom stereocenters. The zero-order valence-electron chi connectivity index (χ0n) is 11.7. The SMILES string of the molecule is CCCNC(COCC)c1ccc(SCC)cc1. The van der Waals surface area contributed by atoms with E-state index in [0.717, 1.165) is 31.9 Å². The second-order valence-corrected chi connectivity index (χ2v) is 5.51. The van der Waals surface area contributed by atoms with Crippen molar-refractivity contribution in [2.45, 2.75) is 38.1 Å². The molecule has 0 amide bonds. The van der Waals surface area contributed by atoms with E-state index in [1.54, 1.807) is 0 Å². The Morgan fingerprint density at radius 2 is 1.89 bits per heavy atom. The minimum absolute atomic E-state index is 0.311. The maximum atomic E-state index is 5.56. The molecule has 0 bridgehead atoms. The van der Waals surface area contributed by atoms with E-state index in [0.29, 0.717) is 6.04 Å². The number of nitrogens with one attached hydrogen (secondary N) is 1. The van der Waals surface area contributed by atoms with Gasteiger partial charge in [0, 0.05) is 11.5 Å². The first-order valence-corrected chi connectivity index (χ1v) is 7.84. The van der Waals surface area contributed by atoms with Gasteiger partial charge in [-0.1, -0.05) is 26.0 Å². The standard InChI is InChI=1S/C15H25NOS/c1-4-11-16-15(12-17-5-2)13-7-9-14(10-8-13)18-6-3/h7-10,15-16H,4-6,11-12H2,1-3H3. The molecule has 3 heteroatoms. The van der Waals surface area contributed by atoms with E-state index in [1.807, 2.05) is 18.7 Å². The van der Waals surface area contributed by atoms with Crippen molar-refractivity contribution < 1.29 is 4.74 Å². The maximum Gasteiger partial charge on any atom is 0.0661 e. The highest BCUT2D eigenvalue weighted by Crippen LogP contribution is 2.21. The fourth-order valence-corrected chi connectivity index (χ4v) is 2.45. The second kappa shape index (κ2) is 9.42.